The van der Waals surface area contributed by atoms with Crippen LogP contribution in [0, 0.1) is 12.3 Å². The highest BCUT2D eigenvalue weighted by molar-refractivity contribution is 4.86. The molecule has 0 rings (SSSR count). The molecule has 0 radical (unpaired) electrons. The number of halogens is 3. The van der Waals surface area contributed by atoms with E-state index in [9.17, 15) is 13.2 Å². The van der Waals surface area contributed by atoms with Gasteiger partial charge in [0.05, 0.1) is 6.54 Å². The van der Waals surface area contributed by atoms with Crippen molar-refractivity contribution >= 4 is 0 Å². The number of terminal acetylenes is 1. The Morgan fingerprint density at radius 2 is 1.71 bits per heavy atom. The molecular formula is C9H15F3N2. The SMILES string of the molecule is C#CCNCCNCCCC(F)(F)F. The van der Waals surface area contributed by atoms with Gasteiger partial charge in [-0.1, -0.05) is 5.92 Å². The molecule has 0 bridgehead atoms. The van der Waals surface area contributed by atoms with E-state index in [1.807, 2.05) is 0 Å². The molecule has 14 heavy (non-hydrogen) atoms. The van der Waals surface area contributed by atoms with Gasteiger partial charge >= 0.3 is 6.18 Å². The van der Waals surface area contributed by atoms with E-state index < -0.39 is 12.6 Å². The van der Waals surface area contributed by atoms with Crippen molar-refractivity contribution in [3.63, 3.8) is 0 Å². The van der Waals surface area contributed by atoms with E-state index in [1.165, 1.54) is 0 Å². The summed E-state index contributed by atoms with van der Waals surface area (Å²) < 4.78 is 35.0. The lowest BCUT2D eigenvalue weighted by Crippen LogP contribution is -2.28. The number of rotatable bonds is 7. The second kappa shape index (κ2) is 7.65. The van der Waals surface area contributed by atoms with Crippen molar-refractivity contribution < 1.29 is 13.2 Å². The Bertz CT molecular complexity index is 172. The van der Waals surface area contributed by atoms with Crippen LogP contribution in [0.1, 0.15) is 12.8 Å². The van der Waals surface area contributed by atoms with Gasteiger partial charge in [0.25, 0.3) is 0 Å². The van der Waals surface area contributed by atoms with Crippen LogP contribution < -0.4 is 10.6 Å². The molecule has 0 amide bonds. The molecular weight excluding hydrogens is 193 g/mol. The lowest BCUT2D eigenvalue weighted by Gasteiger charge is -2.07. The van der Waals surface area contributed by atoms with Crippen LogP contribution in [0.3, 0.4) is 0 Å². The smallest absolute Gasteiger partial charge is 0.315 e. The first-order valence-electron chi connectivity index (χ1n) is 4.48. The molecule has 0 aromatic heterocycles. The van der Waals surface area contributed by atoms with Crippen LogP contribution in [0.5, 0.6) is 0 Å². The molecule has 0 aromatic rings. The average Bonchev–Trinajstić information content (AvgIpc) is 2.08. The molecule has 0 unspecified atom stereocenters. The van der Waals surface area contributed by atoms with E-state index in [2.05, 4.69) is 16.6 Å². The lowest BCUT2D eigenvalue weighted by molar-refractivity contribution is -0.135. The summed E-state index contributed by atoms with van der Waals surface area (Å²) in [5, 5.41) is 5.81. The molecule has 5 heteroatoms. The van der Waals surface area contributed by atoms with Gasteiger partial charge in [0.15, 0.2) is 0 Å². The molecule has 0 aromatic carbocycles. The minimum Gasteiger partial charge on any atom is -0.315 e. The summed E-state index contributed by atoms with van der Waals surface area (Å²) in [6.45, 7) is 2.19. The Morgan fingerprint density at radius 1 is 1.07 bits per heavy atom. The Hall–Kier alpha value is -0.730. The van der Waals surface area contributed by atoms with Crippen LogP contribution >= 0.6 is 0 Å². The second-order valence-electron chi connectivity index (χ2n) is 2.85. The van der Waals surface area contributed by atoms with Crippen molar-refractivity contribution in [1.82, 2.24) is 10.6 Å². The molecule has 0 aliphatic heterocycles. The van der Waals surface area contributed by atoms with Gasteiger partial charge in [-0.25, -0.2) is 0 Å². The third-order valence-corrected chi connectivity index (χ3v) is 1.52. The van der Waals surface area contributed by atoms with Crippen molar-refractivity contribution in [2.45, 2.75) is 19.0 Å². The van der Waals surface area contributed by atoms with E-state index in [0.29, 0.717) is 26.2 Å². The van der Waals surface area contributed by atoms with E-state index in [-0.39, 0.29) is 6.42 Å². The topological polar surface area (TPSA) is 24.1 Å². The maximum atomic E-state index is 11.7. The Kier molecular flexibility index (Phi) is 7.25. The summed E-state index contributed by atoms with van der Waals surface area (Å²) >= 11 is 0. The zero-order valence-electron chi connectivity index (χ0n) is 7.95. The first-order valence-corrected chi connectivity index (χ1v) is 4.48. The summed E-state index contributed by atoms with van der Waals surface area (Å²) in [6.07, 6.45) is 0.342. The molecule has 0 heterocycles. The van der Waals surface area contributed by atoms with Gasteiger partial charge in [-0.2, -0.15) is 13.2 Å². The lowest BCUT2D eigenvalue weighted by atomic mass is 10.3. The molecule has 82 valence electrons. The maximum absolute atomic E-state index is 11.7. The van der Waals surface area contributed by atoms with Crippen LogP contribution in [-0.2, 0) is 0 Å². The highest BCUT2D eigenvalue weighted by atomic mass is 19.4. The molecule has 0 spiro atoms. The summed E-state index contributed by atoms with van der Waals surface area (Å²) in [5.41, 5.74) is 0. The Balaban J connectivity index is 3.04. The summed E-state index contributed by atoms with van der Waals surface area (Å²) in [4.78, 5) is 0. The molecule has 2 N–H and O–H groups in total. The number of hydrogen-bond acceptors (Lipinski definition) is 2. The van der Waals surface area contributed by atoms with Gasteiger partial charge in [0.1, 0.15) is 0 Å². The van der Waals surface area contributed by atoms with Gasteiger partial charge in [-0.15, -0.1) is 6.42 Å². The zero-order chi connectivity index (χ0) is 10.9. The number of hydrogen-bond donors (Lipinski definition) is 2. The second-order valence-corrected chi connectivity index (χ2v) is 2.85. The molecule has 0 saturated heterocycles. The number of alkyl halides is 3. The third kappa shape index (κ3) is 11.3. The fourth-order valence-electron chi connectivity index (χ4n) is 0.876. The Labute approximate surface area is 82.3 Å². The fraction of sp³-hybridized carbons (Fsp3) is 0.778. The maximum Gasteiger partial charge on any atom is 0.389 e. The van der Waals surface area contributed by atoms with Crippen molar-refractivity contribution in [1.29, 1.82) is 0 Å². The van der Waals surface area contributed by atoms with Crippen LogP contribution in [0.15, 0.2) is 0 Å². The quantitative estimate of drug-likeness (QED) is 0.484. The molecule has 0 aliphatic rings. The highest BCUT2D eigenvalue weighted by Crippen LogP contribution is 2.20. The minimum atomic E-state index is -4.04. The summed E-state index contributed by atoms with van der Waals surface area (Å²) in [5.74, 6) is 2.40. The van der Waals surface area contributed by atoms with E-state index in [1.54, 1.807) is 0 Å². The molecule has 0 saturated carbocycles. The van der Waals surface area contributed by atoms with Gasteiger partial charge in [0, 0.05) is 19.5 Å². The van der Waals surface area contributed by atoms with Gasteiger partial charge in [-0.3, -0.25) is 0 Å². The first-order chi connectivity index (χ1) is 6.56. The molecule has 0 atom stereocenters. The van der Waals surface area contributed by atoms with E-state index >= 15 is 0 Å². The average molecular weight is 208 g/mol. The Morgan fingerprint density at radius 3 is 2.29 bits per heavy atom. The molecule has 0 aliphatic carbocycles. The van der Waals surface area contributed by atoms with Crippen molar-refractivity contribution in [3.8, 4) is 12.3 Å². The van der Waals surface area contributed by atoms with Crippen LogP contribution in [0.4, 0.5) is 13.2 Å². The first kappa shape index (κ1) is 13.3. The third-order valence-electron chi connectivity index (χ3n) is 1.52. The van der Waals surface area contributed by atoms with Gasteiger partial charge in [0.2, 0.25) is 0 Å². The van der Waals surface area contributed by atoms with E-state index in [0.717, 1.165) is 0 Å². The monoisotopic (exact) mass is 208 g/mol. The standard InChI is InChI=1S/C9H15F3N2/c1-2-5-13-7-8-14-6-3-4-9(10,11)12/h1,13-14H,3-8H2. The molecule has 0 fully saturated rings. The minimum absolute atomic E-state index is 0.124. The van der Waals surface area contributed by atoms with Gasteiger partial charge < -0.3 is 10.6 Å². The normalized spacial score (nSPS) is 11.3. The summed E-state index contributed by atoms with van der Waals surface area (Å²) in [7, 11) is 0. The predicted octanol–water partition coefficient (Wildman–Crippen LogP) is 1.14. The fourth-order valence-corrected chi connectivity index (χ4v) is 0.876. The molecule has 2 nitrogen and oxygen atoms in total. The van der Waals surface area contributed by atoms with Crippen molar-refractivity contribution in [2.75, 3.05) is 26.2 Å². The number of nitrogens with one attached hydrogen (secondary N) is 2. The van der Waals surface area contributed by atoms with Crippen LogP contribution in [0.25, 0.3) is 0 Å². The summed E-state index contributed by atoms with van der Waals surface area (Å²) in [6, 6.07) is 0. The predicted molar refractivity (Wildman–Crippen MR) is 49.9 cm³/mol. The van der Waals surface area contributed by atoms with Crippen LogP contribution in [-0.4, -0.2) is 32.4 Å². The highest BCUT2D eigenvalue weighted by Gasteiger charge is 2.25. The van der Waals surface area contributed by atoms with Crippen molar-refractivity contribution in [3.05, 3.63) is 0 Å². The van der Waals surface area contributed by atoms with Crippen molar-refractivity contribution in [2.24, 2.45) is 0 Å². The largest absolute Gasteiger partial charge is 0.389 e. The zero-order valence-corrected chi connectivity index (χ0v) is 7.95. The van der Waals surface area contributed by atoms with E-state index in [4.69, 9.17) is 6.42 Å². The van der Waals surface area contributed by atoms with Crippen LogP contribution in [0.2, 0.25) is 0 Å². The van der Waals surface area contributed by atoms with Gasteiger partial charge in [-0.05, 0) is 13.0 Å².